The average Bonchev–Trinajstić information content (AvgIpc) is 3.37. The lowest BCUT2D eigenvalue weighted by Gasteiger charge is -2.32. The first-order chi connectivity index (χ1) is 17.1. The number of methoxy groups -OCH3 is 1. The van der Waals surface area contributed by atoms with Crippen LogP contribution in [0, 0.1) is 0 Å². The fourth-order valence-electron chi connectivity index (χ4n) is 4.45. The predicted octanol–water partition coefficient (Wildman–Crippen LogP) is 3.50. The van der Waals surface area contributed by atoms with E-state index in [1.165, 1.54) is 4.90 Å². The Labute approximate surface area is 214 Å². The second kappa shape index (κ2) is 12.3. The first-order valence-corrected chi connectivity index (χ1v) is 14.3. The molecule has 0 spiro atoms. The Morgan fingerprint density at radius 2 is 1.75 bits per heavy atom. The summed E-state index contributed by atoms with van der Waals surface area (Å²) in [5.74, 6) is -0.0648. The van der Waals surface area contributed by atoms with Gasteiger partial charge >= 0.3 is 0 Å². The first kappa shape index (κ1) is 27.5. The van der Waals surface area contributed by atoms with Crippen LogP contribution in [0.3, 0.4) is 0 Å². The van der Waals surface area contributed by atoms with E-state index in [2.05, 4.69) is 5.32 Å². The van der Waals surface area contributed by atoms with Crippen LogP contribution >= 0.6 is 0 Å². The largest absolute Gasteiger partial charge is 0.497 e. The van der Waals surface area contributed by atoms with Gasteiger partial charge in [-0.1, -0.05) is 44.0 Å². The molecule has 2 aromatic carbocycles. The van der Waals surface area contributed by atoms with E-state index in [0.717, 1.165) is 53.8 Å². The molecule has 1 saturated carbocycles. The maximum Gasteiger partial charge on any atom is 0.244 e. The minimum Gasteiger partial charge on any atom is -0.497 e. The molecule has 1 aliphatic carbocycles. The van der Waals surface area contributed by atoms with Gasteiger partial charge in [-0.25, -0.2) is 8.42 Å². The van der Waals surface area contributed by atoms with Crippen LogP contribution in [0.25, 0.3) is 0 Å². The van der Waals surface area contributed by atoms with Gasteiger partial charge < -0.3 is 15.0 Å². The summed E-state index contributed by atoms with van der Waals surface area (Å²) in [5.41, 5.74) is 2.25. The minimum absolute atomic E-state index is 0.110. The molecule has 9 heteroatoms. The predicted molar refractivity (Wildman–Crippen MR) is 141 cm³/mol. The van der Waals surface area contributed by atoms with Crippen LogP contribution in [0.4, 0.5) is 5.69 Å². The van der Waals surface area contributed by atoms with E-state index in [-0.39, 0.29) is 18.5 Å². The molecule has 0 bridgehead atoms. The molecule has 2 aromatic rings. The van der Waals surface area contributed by atoms with Crippen molar-refractivity contribution >= 4 is 27.5 Å². The summed E-state index contributed by atoms with van der Waals surface area (Å²) >= 11 is 0. The third kappa shape index (κ3) is 7.22. The SMILES string of the molecule is CCc1ccc(N(CC(=O)N(Cc2cccc(OC)c2)C(C)C(=O)NC2CCCC2)S(C)(=O)=O)cc1. The van der Waals surface area contributed by atoms with Crippen LogP contribution in [-0.2, 0) is 32.6 Å². The fourth-order valence-corrected chi connectivity index (χ4v) is 5.30. The van der Waals surface area contributed by atoms with Crippen LogP contribution in [0.2, 0.25) is 0 Å². The molecule has 36 heavy (non-hydrogen) atoms. The number of sulfonamides is 1. The summed E-state index contributed by atoms with van der Waals surface area (Å²) in [4.78, 5) is 28.2. The molecule has 2 amide bonds. The fraction of sp³-hybridized carbons (Fsp3) is 0.481. The lowest BCUT2D eigenvalue weighted by molar-refractivity contribution is -0.139. The van der Waals surface area contributed by atoms with Crippen molar-refractivity contribution < 1.29 is 22.7 Å². The number of hydrogen-bond acceptors (Lipinski definition) is 5. The summed E-state index contributed by atoms with van der Waals surface area (Å²) in [5, 5.41) is 3.06. The molecule has 1 aliphatic rings. The number of nitrogens with one attached hydrogen (secondary N) is 1. The van der Waals surface area contributed by atoms with Crippen molar-refractivity contribution in [3.8, 4) is 5.75 Å². The maximum absolute atomic E-state index is 13.6. The molecule has 1 fully saturated rings. The van der Waals surface area contributed by atoms with E-state index in [1.807, 2.05) is 31.2 Å². The van der Waals surface area contributed by atoms with Gasteiger partial charge in [0.05, 0.1) is 19.1 Å². The number of aryl methyl sites for hydroxylation is 1. The van der Waals surface area contributed by atoms with E-state index in [1.54, 1.807) is 38.3 Å². The van der Waals surface area contributed by atoms with Crippen LogP contribution in [-0.4, -0.2) is 57.1 Å². The van der Waals surface area contributed by atoms with Crippen molar-refractivity contribution in [3.63, 3.8) is 0 Å². The van der Waals surface area contributed by atoms with Gasteiger partial charge in [0.1, 0.15) is 18.3 Å². The summed E-state index contributed by atoms with van der Waals surface area (Å²) in [7, 11) is -2.19. The molecule has 0 aromatic heterocycles. The molecule has 8 nitrogen and oxygen atoms in total. The summed E-state index contributed by atoms with van der Waals surface area (Å²) in [6, 6.07) is 13.7. The number of ether oxygens (including phenoxy) is 1. The van der Waals surface area contributed by atoms with Gasteiger partial charge in [-0.2, -0.15) is 0 Å². The maximum atomic E-state index is 13.6. The minimum atomic E-state index is -3.75. The topological polar surface area (TPSA) is 96.0 Å². The van der Waals surface area contributed by atoms with Gasteiger partial charge in [-0.05, 0) is 61.6 Å². The molecule has 0 aliphatic heterocycles. The van der Waals surface area contributed by atoms with Crippen molar-refractivity contribution in [2.24, 2.45) is 0 Å². The third-order valence-electron chi connectivity index (χ3n) is 6.67. The molecule has 1 N–H and O–H groups in total. The van der Waals surface area contributed by atoms with E-state index < -0.39 is 28.5 Å². The van der Waals surface area contributed by atoms with Crippen molar-refractivity contribution in [2.75, 3.05) is 24.2 Å². The summed E-state index contributed by atoms with van der Waals surface area (Å²) < 4.78 is 31.8. The van der Waals surface area contributed by atoms with E-state index in [4.69, 9.17) is 4.74 Å². The van der Waals surface area contributed by atoms with E-state index in [9.17, 15) is 18.0 Å². The molecule has 0 heterocycles. The standard InChI is InChI=1S/C27H37N3O5S/c1-5-21-13-15-24(16-14-21)30(36(4,33)34)19-26(31)29(18-22-9-8-12-25(17-22)35-3)20(2)27(32)28-23-10-6-7-11-23/h8-9,12-17,20,23H,5-7,10-11,18-19H2,1-4H3,(H,28,32). The molecule has 1 atom stereocenters. The van der Waals surface area contributed by atoms with Crippen molar-refractivity contribution in [3.05, 3.63) is 59.7 Å². The number of benzene rings is 2. The Bertz CT molecular complexity index is 1140. The van der Waals surface area contributed by atoms with Gasteiger partial charge in [0, 0.05) is 12.6 Å². The van der Waals surface area contributed by atoms with Crippen LogP contribution in [0.5, 0.6) is 5.75 Å². The average molecular weight is 516 g/mol. The lowest BCUT2D eigenvalue weighted by atomic mass is 10.1. The highest BCUT2D eigenvalue weighted by Crippen LogP contribution is 2.22. The van der Waals surface area contributed by atoms with Crippen LogP contribution in [0.1, 0.15) is 50.7 Å². The molecule has 196 valence electrons. The van der Waals surface area contributed by atoms with Crippen LogP contribution in [0.15, 0.2) is 48.5 Å². The van der Waals surface area contributed by atoms with Gasteiger partial charge in [0.2, 0.25) is 21.8 Å². The number of anilines is 1. The molecule has 0 radical (unpaired) electrons. The Hall–Kier alpha value is -3.07. The number of amides is 2. The van der Waals surface area contributed by atoms with Crippen molar-refractivity contribution in [1.29, 1.82) is 0 Å². The lowest BCUT2D eigenvalue weighted by Crippen LogP contribution is -2.52. The molecule has 3 rings (SSSR count). The van der Waals surface area contributed by atoms with Crippen molar-refractivity contribution in [1.82, 2.24) is 10.2 Å². The molecule has 0 saturated heterocycles. The zero-order valence-electron chi connectivity index (χ0n) is 21.6. The first-order valence-electron chi connectivity index (χ1n) is 12.4. The second-order valence-corrected chi connectivity index (χ2v) is 11.2. The highest BCUT2D eigenvalue weighted by atomic mass is 32.2. The molecular formula is C27H37N3O5S. The van der Waals surface area contributed by atoms with Gasteiger partial charge in [-0.3, -0.25) is 13.9 Å². The Kier molecular flexibility index (Phi) is 9.37. The Morgan fingerprint density at radius 3 is 2.33 bits per heavy atom. The smallest absolute Gasteiger partial charge is 0.244 e. The monoisotopic (exact) mass is 515 g/mol. The molecule has 1 unspecified atom stereocenters. The van der Waals surface area contributed by atoms with E-state index >= 15 is 0 Å². The van der Waals surface area contributed by atoms with Gasteiger partial charge in [-0.15, -0.1) is 0 Å². The van der Waals surface area contributed by atoms with Crippen LogP contribution < -0.4 is 14.4 Å². The highest BCUT2D eigenvalue weighted by molar-refractivity contribution is 7.92. The number of carbonyl (C=O) groups excluding carboxylic acids is 2. The highest BCUT2D eigenvalue weighted by Gasteiger charge is 2.31. The number of carbonyl (C=O) groups is 2. The zero-order chi connectivity index (χ0) is 26.3. The summed E-state index contributed by atoms with van der Waals surface area (Å²) in [6.07, 6.45) is 5.91. The Balaban J connectivity index is 1.88. The second-order valence-electron chi connectivity index (χ2n) is 9.33. The normalized spacial score (nSPS) is 14.8. The summed E-state index contributed by atoms with van der Waals surface area (Å²) in [6.45, 7) is 3.43. The molecular weight excluding hydrogens is 478 g/mol. The quantitative estimate of drug-likeness (QED) is 0.494. The van der Waals surface area contributed by atoms with Gasteiger partial charge in [0.15, 0.2) is 0 Å². The zero-order valence-corrected chi connectivity index (χ0v) is 22.4. The number of nitrogens with zero attached hydrogens (tertiary/aromatic N) is 2. The third-order valence-corrected chi connectivity index (χ3v) is 7.81. The Morgan fingerprint density at radius 1 is 1.08 bits per heavy atom. The number of rotatable bonds is 11. The van der Waals surface area contributed by atoms with Crippen molar-refractivity contribution in [2.45, 2.75) is 64.6 Å². The van der Waals surface area contributed by atoms with E-state index in [0.29, 0.717) is 11.4 Å². The van der Waals surface area contributed by atoms with Gasteiger partial charge in [0.25, 0.3) is 0 Å². The number of hydrogen-bond donors (Lipinski definition) is 1.